The summed E-state index contributed by atoms with van der Waals surface area (Å²) in [5.41, 5.74) is 0. The maximum atomic E-state index is 13.1. The Balaban J connectivity index is 1.91. The molecule has 1 amide bonds. The predicted molar refractivity (Wildman–Crippen MR) is 53.1 cm³/mol. The summed E-state index contributed by atoms with van der Waals surface area (Å²) in [6.45, 7) is 1.25. The summed E-state index contributed by atoms with van der Waals surface area (Å²) in [7, 11) is 0. The predicted octanol–water partition coefficient (Wildman–Crippen LogP) is 1.58. The summed E-state index contributed by atoms with van der Waals surface area (Å²) in [4.78, 5) is 13.0. The van der Waals surface area contributed by atoms with Gasteiger partial charge in [0.25, 0.3) is 5.91 Å². The van der Waals surface area contributed by atoms with Gasteiger partial charge in [-0.2, -0.15) is 0 Å². The third-order valence-electron chi connectivity index (χ3n) is 2.45. The summed E-state index contributed by atoms with van der Waals surface area (Å²) < 4.78 is 30.7. The summed E-state index contributed by atoms with van der Waals surface area (Å²) in [6, 6.07) is 2.99. The molecule has 1 aromatic carbocycles. The Morgan fingerprint density at radius 2 is 2.12 bits per heavy atom. The molecule has 0 radical (unpaired) electrons. The van der Waals surface area contributed by atoms with Gasteiger partial charge in [-0.1, -0.05) is 0 Å². The van der Waals surface area contributed by atoms with Gasteiger partial charge < -0.3 is 9.64 Å². The van der Waals surface area contributed by atoms with E-state index in [9.17, 15) is 13.6 Å². The van der Waals surface area contributed by atoms with E-state index in [0.29, 0.717) is 0 Å². The molecule has 0 bridgehead atoms. The van der Waals surface area contributed by atoms with E-state index in [1.165, 1.54) is 6.07 Å². The normalized spacial score (nSPS) is 14.5. The van der Waals surface area contributed by atoms with Crippen LogP contribution < -0.4 is 4.74 Å². The molecule has 86 valence electrons. The average molecular weight is 227 g/mol. The van der Waals surface area contributed by atoms with Crippen molar-refractivity contribution in [2.24, 2.45) is 0 Å². The van der Waals surface area contributed by atoms with Gasteiger partial charge in [-0.15, -0.1) is 0 Å². The van der Waals surface area contributed by atoms with Crippen LogP contribution in [-0.2, 0) is 4.79 Å². The molecule has 0 aromatic heterocycles. The number of carbonyl (C=O) groups is 1. The highest BCUT2D eigenvalue weighted by Crippen LogP contribution is 2.17. The Bertz CT molecular complexity index is 405. The van der Waals surface area contributed by atoms with E-state index >= 15 is 0 Å². The van der Waals surface area contributed by atoms with Gasteiger partial charge in [-0.3, -0.25) is 4.79 Å². The van der Waals surface area contributed by atoms with E-state index < -0.39 is 11.6 Å². The van der Waals surface area contributed by atoms with Gasteiger partial charge in [0, 0.05) is 19.2 Å². The molecule has 1 saturated heterocycles. The fourth-order valence-electron chi connectivity index (χ4n) is 1.39. The number of hydrogen-bond donors (Lipinski definition) is 0. The molecule has 1 heterocycles. The molecule has 0 unspecified atom stereocenters. The Kier molecular flexibility index (Phi) is 3.03. The molecule has 1 aliphatic rings. The third-order valence-corrected chi connectivity index (χ3v) is 2.45. The fraction of sp³-hybridized carbons (Fsp3) is 0.364. The molecule has 0 N–H and O–H groups in total. The first-order valence-electron chi connectivity index (χ1n) is 5.02. The second-order valence-corrected chi connectivity index (χ2v) is 3.60. The molecule has 1 aliphatic heterocycles. The van der Waals surface area contributed by atoms with Gasteiger partial charge in [-0.05, 0) is 18.6 Å². The SMILES string of the molecule is O=C(COc1ccc(F)cc1F)N1CCC1. The van der Waals surface area contributed by atoms with Crippen molar-refractivity contribution < 1.29 is 18.3 Å². The molecule has 0 saturated carbocycles. The van der Waals surface area contributed by atoms with E-state index in [1.54, 1.807) is 4.90 Å². The molecule has 16 heavy (non-hydrogen) atoms. The molecule has 0 atom stereocenters. The van der Waals surface area contributed by atoms with Crippen LogP contribution in [-0.4, -0.2) is 30.5 Å². The molecule has 0 aliphatic carbocycles. The number of carbonyl (C=O) groups excluding carboxylic acids is 1. The highest BCUT2D eigenvalue weighted by atomic mass is 19.1. The van der Waals surface area contributed by atoms with Crippen molar-refractivity contribution in [3.8, 4) is 5.75 Å². The van der Waals surface area contributed by atoms with Gasteiger partial charge in [0.2, 0.25) is 0 Å². The van der Waals surface area contributed by atoms with Crippen molar-refractivity contribution in [1.29, 1.82) is 0 Å². The summed E-state index contributed by atoms with van der Waals surface area (Å²) in [6.07, 6.45) is 0.997. The van der Waals surface area contributed by atoms with Crippen molar-refractivity contribution in [1.82, 2.24) is 4.90 Å². The molecule has 0 spiro atoms. The summed E-state index contributed by atoms with van der Waals surface area (Å²) in [5, 5.41) is 0. The topological polar surface area (TPSA) is 29.5 Å². The van der Waals surface area contributed by atoms with Gasteiger partial charge >= 0.3 is 0 Å². The number of likely N-dealkylation sites (tertiary alicyclic amines) is 1. The molecular weight excluding hydrogens is 216 g/mol. The largest absolute Gasteiger partial charge is 0.481 e. The van der Waals surface area contributed by atoms with Crippen LogP contribution in [0.3, 0.4) is 0 Å². The van der Waals surface area contributed by atoms with Gasteiger partial charge in [0.1, 0.15) is 5.82 Å². The molecular formula is C11H11F2NO2. The lowest BCUT2D eigenvalue weighted by Crippen LogP contribution is -2.44. The van der Waals surface area contributed by atoms with Crippen LogP contribution in [0.4, 0.5) is 8.78 Å². The van der Waals surface area contributed by atoms with Crippen LogP contribution in [0.2, 0.25) is 0 Å². The van der Waals surface area contributed by atoms with Crippen LogP contribution in [0.25, 0.3) is 0 Å². The standard InChI is InChI=1S/C11H11F2NO2/c12-8-2-3-10(9(13)6-8)16-7-11(15)14-4-1-5-14/h2-3,6H,1,4-5,7H2. The monoisotopic (exact) mass is 227 g/mol. The maximum absolute atomic E-state index is 13.1. The van der Waals surface area contributed by atoms with E-state index in [0.717, 1.165) is 31.6 Å². The van der Waals surface area contributed by atoms with Crippen molar-refractivity contribution >= 4 is 5.91 Å². The third kappa shape index (κ3) is 2.29. The van der Waals surface area contributed by atoms with Gasteiger partial charge in [0.05, 0.1) is 0 Å². The second kappa shape index (κ2) is 4.47. The molecule has 3 nitrogen and oxygen atoms in total. The maximum Gasteiger partial charge on any atom is 0.260 e. The van der Waals surface area contributed by atoms with E-state index in [-0.39, 0.29) is 18.3 Å². The zero-order valence-corrected chi connectivity index (χ0v) is 8.58. The first kappa shape index (κ1) is 10.9. The minimum absolute atomic E-state index is 0.102. The Hall–Kier alpha value is -1.65. The number of halogens is 2. The first-order chi connectivity index (χ1) is 7.66. The number of benzene rings is 1. The van der Waals surface area contributed by atoms with Gasteiger partial charge in [-0.25, -0.2) is 8.78 Å². The highest BCUT2D eigenvalue weighted by Gasteiger charge is 2.20. The lowest BCUT2D eigenvalue weighted by atomic mass is 10.2. The number of rotatable bonds is 3. The van der Waals surface area contributed by atoms with Crippen molar-refractivity contribution in [3.05, 3.63) is 29.8 Å². The molecule has 5 heteroatoms. The van der Waals surface area contributed by atoms with Crippen LogP contribution in [0, 0.1) is 11.6 Å². The average Bonchev–Trinajstić information content (AvgIpc) is 2.13. The number of amides is 1. The van der Waals surface area contributed by atoms with Crippen molar-refractivity contribution in [2.75, 3.05) is 19.7 Å². The minimum Gasteiger partial charge on any atom is -0.481 e. The van der Waals surface area contributed by atoms with Crippen molar-refractivity contribution in [2.45, 2.75) is 6.42 Å². The Morgan fingerprint density at radius 1 is 1.38 bits per heavy atom. The molecule has 1 fully saturated rings. The number of nitrogens with zero attached hydrogens (tertiary/aromatic N) is 1. The van der Waals surface area contributed by atoms with E-state index in [4.69, 9.17) is 4.74 Å². The Labute approximate surface area is 91.6 Å². The second-order valence-electron chi connectivity index (χ2n) is 3.60. The van der Waals surface area contributed by atoms with E-state index in [2.05, 4.69) is 0 Å². The van der Waals surface area contributed by atoms with Gasteiger partial charge in [0.15, 0.2) is 18.2 Å². The zero-order chi connectivity index (χ0) is 11.5. The first-order valence-corrected chi connectivity index (χ1v) is 5.02. The fourth-order valence-corrected chi connectivity index (χ4v) is 1.39. The van der Waals surface area contributed by atoms with E-state index in [1.807, 2.05) is 0 Å². The summed E-state index contributed by atoms with van der Waals surface area (Å²) >= 11 is 0. The Morgan fingerprint density at radius 3 is 2.69 bits per heavy atom. The molecule has 1 aromatic rings. The van der Waals surface area contributed by atoms with Crippen LogP contribution in [0.5, 0.6) is 5.75 Å². The number of ether oxygens (including phenoxy) is 1. The lowest BCUT2D eigenvalue weighted by molar-refractivity contribution is -0.136. The van der Waals surface area contributed by atoms with Crippen molar-refractivity contribution in [3.63, 3.8) is 0 Å². The highest BCUT2D eigenvalue weighted by molar-refractivity contribution is 5.78. The van der Waals surface area contributed by atoms with Crippen LogP contribution >= 0.6 is 0 Å². The lowest BCUT2D eigenvalue weighted by Gasteiger charge is -2.30. The number of hydrogen-bond acceptors (Lipinski definition) is 2. The molecule has 2 rings (SSSR count). The quantitative estimate of drug-likeness (QED) is 0.784. The smallest absolute Gasteiger partial charge is 0.260 e. The van der Waals surface area contributed by atoms with Crippen LogP contribution in [0.15, 0.2) is 18.2 Å². The minimum atomic E-state index is -0.795. The summed E-state index contributed by atoms with van der Waals surface area (Å²) in [5.74, 6) is -1.74. The zero-order valence-electron chi connectivity index (χ0n) is 8.58. The van der Waals surface area contributed by atoms with Crippen LogP contribution in [0.1, 0.15) is 6.42 Å².